The molecule has 1 aliphatic carbocycles. The summed E-state index contributed by atoms with van der Waals surface area (Å²) in [6.07, 6.45) is 0.460. The predicted octanol–water partition coefficient (Wildman–Crippen LogP) is 4.95. The summed E-state index contributed by atoms with van der Waals surface area (Å²) in [5.74, 6) is -0.0965. The third-order valence-corrected chi connectivity index (χ3v) is 7.04. The van der Waals surface area contributed by atoms with Gasteiger partial charge in [0.05, 0.1) is 33.0 Å². The standard InChI is InChI=1S/C31H35NO8/c1-16(2)39-31(35)28-17(3)32-22-12-21(19-8-10-24(36-5)26(14-19)37-6)13-23(34)30(22)29(28)20-9-11-25(40-18(4)33)27(15-20)38-7/h8-11,14-16,21,29,32H,12-13H2,1-7H3/t21-,29+/m0/s1. The second-order valence-electron chi connectivity index (χ2n) is 10.1. The minimum atomic E-state index is -0.693. The van der Waals surface area contributed by atoms with Gasteiger partial charge < -0.3 is 29.0 Å². The Hall–Kier alpha value is -4.27. The van der Waals surface area contributed by atoms with Crippen LogP contribution in [0.2, 0.25) is 0 Å². The summed E-state index contributed by atoms with van der Waals surface area (Å²) in [4.78, 5) is 38.9. The Kier molecular flexibility index (Phi) is 8.52. The zero-order chi connectivity index (χ0) is 29.1. The van der Waals surface area contributed by atoms with E-state index in [0.717, 1.165) is 11.3 Å². The van der Waals surface area contributed by atoms with Crippen LogP contribution >= 0.6 is 0 Å². The number of hydrogen-bond donors (Lipinski definition) is 1. The summed E-state index contributed by atoms with van der Waals surface area (Å²) >= 11 is 0. The maximum absolute atomic E-state index is 13.9. The van der Waals surface area contributed by atoms with E-state index in [1.165, 1.54) is 14.0 Å². The van der Waals surface area contributed by atoms with Crippen molar-refractivity contribution in [2.24, 2.45) is 0 Å². The molecule has 0 spiro atoms. The Morgan fingerprint density at radius 2 is 1.48 bits per heavy atom. The maximum Gasteiger partial charge on any atom is 0.337 e. The van der Waals surface area contributed by atoms with Crippen LogP contribution in [0.15, 0.2) is 58.9 Å². The number of ether oxygens (including phenoxy) is 5. The van der Waals surface area contributed by atoms with Crippen LogP contribution in [0, 0.1) is 0 Å². The Labute approximate surface area is 234 Å². The van der Waals surface area contributed by atoms with Crippen molar-refractivity contribution in [2.45, 2.75) is 58.5 Å². The van der Waals surface area contributed by atoms with Crippen molar-refractivity contribution in [3.05, 3.63) is 70.1 Å². The molecule has 0 radical (unpaired) electrons. The fourth-order valence-corrected chi connectivity index (χ4v) is 5.37. The van der Waals surface area contributed by atoms with E-state index in [1.54, 1.807) is 46.3 Å². The van der Waals surface area contributed by atoms with Crippen molar-refractivity contribution in [3.63, 3.8) is 0 Å². The third-order valence-electron chi connectivity index (χ3n) is 7.04. The summed E-state index contributed by atoms with van der Waals surface area (Å²) in [6.45, 7) is 6.67. The molecule has 0 fully saturated rings. The molecule has 2 aromatic rings. The second kappa shape index (κ2) is 11.9. The van der Waals surface area contributed by atoms with Gasteiger partial charge in [0, 0.05) is 36.2 Å². The highest BCUT2D eigenvalue weighted by atomic mass is 16.6. The monoisotopic (exact) mass is 549 g/mol. The third kappa shape index (κ3) is 5.68. The average molecular weight is 550 g/mol. The largest absolute Gasteiger partial charge is 0.493 e. The van der Waals surface area contributed by atoms with E-state index < -0.39 is 17.9 Å². The summed E-state index contributed by atoms with van der Waals surface area (Å²) < 4.78 is 27.2. The van der Waals surface area contributed by atoms with E-state index in [9.17, 15) is 14.4 Å². The van der Waals surface area contributed by atoms with Gasteiger partial charge in [-0.15, -0.1) is 0 Å². The molecule has 212 valence electrons. The van der Waals surface area contributed by atoms with Crippen LogP contribution in [-0.4, -0.2) is 45.2 Å². The first kappa shape index (κ1) is 28.7. The lowest BCUT2D eigenvalue weighted by atomic mass is 9.71. The molecule has 0 aromatic heterocycles. The molecular formula is C31H35NO8. The Morgan fingerprint density at radius 1 is 0.875 bits per heavy atom. The molecule has 0 saturated heterocycles. The maximum atomic E-state index is 13.9. The molecule has 0 saturated carbocycles. The molecule has 2 aromatic carbocycles. The van der Waals surface area contributed by atoms with Gasteiger partial charge in [-0.05, 0) is 68.5 Å². The van der Waals surface area contributed by atoms with Crippen molar-refractivity contribution in [3.8, 4) is 23.0 Å². The zero-order valence-corrected chi connectivity index (χ0v) is 23.9. The molecule has 4 rings (SSSR count). The quantitative estimate of drug-likeness (QED) is 0.361. The van der Waals surface area contributed by atoms with Crippen molar-refractivity contribution in [1.82, 2.24) is 5.32 Å². The molecule has 1 aliphatic heterocycles. The normalized spacial score (nSPS) is 18.6. The molecule has 9 nitrogen and oxygen atoms in total. The number of esters is 2. The number of Topliss-reactive ketones (excluding diaryl/α,β-unsaturated/α-hetero) is 1. The number of dihydropyridines is 1. The van der Waals surface area contributed by atoms with E-state index in [4.69, 9.17) is 23.7 Å². The SMILES string of the molecule is COc1ccc([C@@H]2CC(=O)C3=C(C2)NC(C)=C(C(=O)OC(C)C)[C@H]3c2ccc(OC(C)=O)c(OC)c2)cc1OC. The lowest BCUT2D eigenvalue weighted by molar-refractivity contribution is -0.143. The number of allylic oxidation sites excluding steroid dienone is 3. The topological polar surface area (TPSA) is 109 Å². The van der Waals surface area contributed by atoms with E-state index >= 15 is 0 Å². The molecule has 1 N–H and O–H groups in total. The fourth-order valence-electron chi connectivity index (χ4n) is 5.37. The highest BCUT2D eigenvalue weighted by Crippen LogP contribution is 2.47. The molecule has 2 atom stereocenters. The molecule has 9 heteroatoms. The first-order valence-corrected chi connectivity index (χ1v) is 13.1. The predicted molar refractivity (Wildman–Crippen MR) is 148 cm³/mol. The highest BCUT2D eigenvalue weighted by Gasteiger charge is 2.42. The molecule has 0 amide bonds. The van der Waals surface area contributed by atoms with E-state index in [2.05, 4.69) is 5.32 Å². The minimum absolute atomic E-state index is 0.0797. The number of carbonyl (C=O) groups is 3. The second-order valence-corrected chi connectivity index (χ2v) is 10.1. The Balaban J connectivity index is 1.81. The van der Waals surface area contributed by atoms with Gasteiger partial charge in [-0.25, -0.2) is 4.79 Å². The Morgan fingerprint density at radius 3 is 2.10 bits per heavy atom. The first-order valence-electron chi connectivity index (χ1n) is 13.1. The van der Waals surface area contributed by atoms with Crippen molar-refractivity contribution in [2.75, 3.05) is 21.3 Å². The van der Waals surface area contributed by atoms with Gasteiger partial charge in [0.1, 0.15) is 0 Å². The number of methoxy groups -OCH3 is 3. The molecule has 40 heavy (non-hydrogen) atoms. The summed E-state index contributed by atoms with van der Waals surface area (Å²) in [5.41, 5.74) is 3.83. The first-order chi connectivity index (χ1) is 19.1. The number of ketones is 1. The van der Waals surface area contributed by atoms with E-state index in [0.29, 0.717) is 46.1 Å². The number of hydrogen-bond acceptors (Lipinski definition) is 9. The number of rotatable bonds is 8. The van der Waals surface area contributed by atoms with Gasteiger partial charge in [-0.2, -0.15) is 0 Å². The molecule has 0 unspecified atom stereocenters. The van der Waals surface area contributed by atoms with Crippen LogP contribution in [-0.2, 0) is 19.1 Å². The molecule has 0 bridgehead atoms. The van der Waals surface area contributed by atoms with Gasteiger partial charge >= 0.3 is 11.9 Å². The van der Waals surface area contributed by atoms with Crippen LogP contribution in [0.3, 0.4) is 0 Å². The van der Waals surface area contributed by atoms with Crippen LogP contribution in [0.25, 0.3) is 0 Å². The van der Waals surface area contributed by atoms with E-state index in [-0.39, 0.29) is 30.0 Å². The minimum Gasteiger partial charge on any atom is -0.493 e. The molecule has 2 aliphatic rings. The van der Waals surface area contributed by atoms with Crippen LogP contribution in [0.4, 0.5) is 0 Å². The number of benzene rings is 2. The van der Waals surface area contributed by atoms with E-state index in [1.807, 2.05) is 25.1 Å². The molecule has 1 heterocycles. The van der Waals surface area contributed by atoms with Crippen molar-refractivity contribution >= 4 is 17.7 Å². The summed E-state index contributed by atoms with van der Waals surface area (Å²) in [7, 11) is 4.62. The molecular weight excluding hydrogens is 514 g/mol. The zero-order valence-electron chi connectivity index (χ0n) is 23.9. The van der Waals surface area contributed by atoms with Gasteiger partial charge in [0.25, 0.3) is 0 Å². The van der Waals surface area contributed by atoms with Gasteiger partial charge in [-0.3, -0.25) is 9.59 Å². The van der Waals surface area contributed by atoms with Gasteiger partial charge in [0.15, 0.2) is 28.8 Å². The van der Waals surface area contributed by atoms with Crippen LogP contribution < -0.4 is 24.3 Å². The summed E-state index contributed by atoms with van der Waals surface area (Å²) in [5, 5.41) is 3.35. The fraction of sp³-hybridized carbons (Fsp3) is 0.387. The number of carbonyl (C=O) groups excluding carboxylic acids is 3. The smallest absolute Gasteiger partial charge is 0.337 e. The van der Waals surface area contributed by atoms with Gasteiger partial charge in [-0.1, -0.05) is 12.1 Å². The lowest BCUT2D eigenvalue weighted by Gasteiger charge is -2.37. The highest BCUT2D eigenvalue weighted by molar-refractivity contribution is 6.04. The van der Waals surface area contributed by atoms with Crippen LogP contribution in [0.5, 0.6) is 23.0 Å². The average Bonchev–Trinajstić information content (AvgIpc) is 2.91. The van der Waals surface area contributed by atoms with Gasteiger partial charge in [0.2, 0.25) is 0 Å². The van der Waals surface area contributed by atoms with Crippen LogP contribution in [0.1, 0.15) is 63.5 Å². The van der Waals surface area contributed by atoms with Crippen molar-refractivity contribution < 1.29 is 38.1 Å². The summed E-state index contributed by atoms with van der Waals surface area (Å²) in [6, 6.07) is 10.7. The van der Waals surface area contributed by atoms with Crippen molar-refractivity contribution in [1.29, 1.82) is 0 Å². The Bertz CT molecular complexity index is 1400. The number of nitrogens with one attached hydrogen (secondary N) is 1. The lowest BCUT2D eigenvalue weighted by Crippen LogP contribution is -2.36.